The van der Waals surface area contributed by atoms with Crippen LogP contribution in [0, 0.1) is 6.92 Å². The predicted molar refractivity (Wildman–Crippen MR) is 49.5 cm³/mol. The molecule has 2 rings (SSSR count). The molecule has 0 atom stereocenters. The minimum absolute atomic E-state index is 0.358. The van der Waals surface area contributed by atoms with E-state index in [0.717, 1.165) is 11.1 Å². The van der Waals surface area contributed by atoms with Gasteiger partial charge in [0.15, 0.2) is 0 Å². The van der Waals surface area contributed by atoms with Crippen LogP contribution >= 0.6 is 0 Å². The molecule has 0 heterocycles. The first-order valence-corrected chi connectivity index (χ1v) is 3.96. The Kier molecular flexibility index (Phi) is 1.51. The van der Waals surface area contributed by atoms with Crippen molar-refractivity contribution in [3.8, 4) is 16.9 Å². The van der Waals surface area contributed by atoms with Crippen LogP contribution in [-0.4, -0.2) is 5.11 Å². The van der Waals surface area contributed by atoms with Gasteiger partial charge in [-0.3, -0.25) is 0 Å². The number of rotatable bonds is 0. The van der Waals surface area contributed by atoms with Crippen molar-refractivity contribution in [2.75, 3.05) is 0 Å². The molecule has 2 aliphatic rings. The molecule has 0 aromatic carbocycles. The van der Waals surface area contributed by atoms with E-state index in [2.05, 4.69) is 0 Å². The first kappa shape index (κ1) is 7.17. The lowest BCUT2D eigenvalue weighted by Gasteiger charge is -1.97. The van der Waals surface area contributed by atoms with Gasteiger partial charge in [0, 0.05) is 0 Å². The lowest BCUT2D eigenvalue weighted by Crippen LogP contribution is -1.73. The van der Waals surface area contributed by atoms with Crippen molar-refractivity contribution in [2.45, 2.75) is 6.92 Å². The molecule has 1 N–H and O–H groups in total. The fraction of sp³-hybridized carbons (Fsp3) is 0.0909. The summed E-state index contributed by atoms with van der Waals surface area (Å²) in [4.78, 5) is 0. The Hall–Kier alpha value is -1.50. The molecule has 0 bridgehead atoms. The van der Waals surface area contributed by atoms with E-state index in [9.17, 15) is 5.11 Å². The van der Waals surface area contributed by atoms with Gasteiger partial charge in [-0.05, 0) is 29.7 Å². The minimum Gasteiger partial charge on any atom is -0.508 e. The zero-order valence-corrected chi connectivity index (χ0v) is 6.91. The van der Waals surface area contributed by atoms with Gasteiger partial charge in [-0.25, -0.2) is 0 Å². The summed E-state index contributed by atoms with van der Waals surface area (Å²) in [7, 11) is 0. The average Bonchev–Trinajstić information content (AvgIpc) is 2.46. The van der Waals surface area contributed by atoms with Gasteiger partial charge in [0.1, 0.15) is 5.75 Å². The number of hydrogen-bond donors (Lipinski definition) is 1. The molecule has 0 fully saturated rings. The summed E-state index contributed by atoms with van der Waals surface area (Å²) in [6.07, 6.45) is 0. The van der Waals surface area contributed by atoms with Gasteiger partial charge in [0.2, 0.25) is 0 Å². The van der Waals surface area contributed by atoms with Crippen LogP contribution in [0.25, 0.3) is 11.1 Å². The lowest BCUT2D eigenvalue weighted by atomic mass is 10.1. The van der Waals surface area contributed by atoms with Crippen LogP contribution in [-0.2, 0) is 0 Å². The summed E-state index contributed by atoms with van der Waals surface area (Å²) < 4.78 is 0. The SMILES string of the molecule is Cc1c(O)cccc2cccc1-2. The van der Waals surface area contributed by atoms with E-state index >= 15 is 0 Å². The van der Waals surface area contributed by atoms with Crippen LogP contribution in [0.3, 0.4) is 0 Å². The number of aromatic hydroxyl groups is 1. The molecule has 0 spiro atoms. The van der Waals surface area contributed by atoms with Gasteiger partial charge < -0.3 is 5.11 Å². The first-order valence-electron chi connectivity index (χ1n) is 3.96. The average molecular weight is 158 g/mol. The van der Waals surface area contributed by atoms with Crippen LogP contribution < -0.4 is 0 Å². The smallest absolute Gasteiger partial charge is 0.119 e. The van der Waals surface area contributed by atoms with Crippen molar-refractivity contribution in [2.24, 2.45) is 0 Å². The van der Waals surface area contributed by atoms with Crippen molar-refractivity contribution in [3.63, 3.8) is 0 Å². The Morgan fingerprint density at radius 2 is 1.67 bits per heavy atom. The van der Waals surface area contributed by atoms with Crippen molar-refractivity contribution in [3.05, 3.63) is 42.0 Å². The molecule has 0 aliphatic heterocycles. The summed E-state index contributed by atoms with van der Waals surface area (Å²) in [5.74, 6) is 0.358. The van der Waals surface area contributed by atoms with Crippen molar-refractivity contribution in [1.29, 1.82) is 0 Å². The molecule has 0 unspecified atom stereocenters. The van der Waals surface area contributed by atoms with Crippen LogP contribution in [0.2, 0.25) is 0 Å². The highest BCUT2D eigenvalue weighted by Gasteiger charge is 2.05. The Labute approximate surface area is 71.6 Å². The van der Waals surface area contributed by atoms with Gasteiger partial charge in [0.25, 0.3) is 0 Å². The maximum Gasteiger partial charge on any atom is 0.119 e. The maximum atomic E-state index is 9.50. The van der Waals surface area contributed by atoms with Gasteiger partial charge >= 0.3 is 0 Å². The summed E-state index contributed by atoms with van der Waals surface area (Å²) in [5, 5.41) is 9.50. The highest BCUT2D eigenvalue weighted by molar-refractivity contribution is 5.71. The lowest BCUT2D eigenvalue weighted by molar-refractivity contribution is 0.472. The predicted octanol–water partition coefficient (Wildman–Crippen LogP) is 2.81. The third-order valence-electron chi connectivity index (χ3n) is 2.17. The van der Waals surface area contributed by atoms with Crippen molar-refractivity contribution < 1.29 is 5.11 Å². The second-order valence-electron chi connectivity index (χ2n) is 2.93. The normalized spacial score (nSPS) is 10.4. The fourth-order valence-corrected chi connectivity index (χ4v) is 1.43. The van der Waals surface area contributed by atoms with E-state index in [-0.39, 0.29) is 0 Å². The van der Waals surface area contributed by atoms with E-state index < -0.39 is 0 Å². The molecule has 0 saturated carbocycles. The molecule has 2 aliphatic carbocycles. The number of hydrogen-bond acceptors (Lipinski definition) is 1. The third-order valence-corrected chi connectivity index (χ3v) is 2.17. The highest BCUT2D eigenvalue weighted by atomic mass is 16.3. The summed E-state index contributed by atoms with van der Waals surface area (Å²) in [6.45, 7) is 1.93. The molecule has 0 amide bonds. The Morgan fingerprint density at radius 3 is 2.42 bits per heavy atom. The first-order chi connectivity index (χ1) is 5.79. The maximum absolute atomic E-state index is 9.50. The summed E-state index contributed by atoms with van der Waals surface area (Å²) >= 11 is 0. The second-order valence-corrected chi connectivity index (χ2v) is 2.93. The fourth-order valence-electron chi connectivity index (χ4n) is 1.43. The van der Waals surface area contributed by atoms with Crippen molar-refractivity contribution in [1.82, 2.24) is 0 Å². The molecule has 1 nitrogen and oxygen atoms in total. The highest BCUT2D eigenvalue weighted by Crippen LogP contribution is 2.29. The molecule has 0 aromatic rings. The topological polar surface area (TPSA) is 20.2 Å². The zero-order chi connectivity index (χ0) is 8.55. The Bertz CT molecular complexity index is 379. The molecular formula is C11H10O. The summed E-state index contributed by atoms with van der Waals surface area (Å²) in [5.41, 5.74) is 3.24. The second kappa shape index (κ2) is 2.52. The molecule has 12 heavy (non-hydrogen) atoms. The molecule has 1 heteroatoms. The Balaban J connectivity index is 2.81. The van der Waals surface area contributed by atoms with Gasteiger partial charge in [0.05, 0.1) is 0 Å². The van der Waals surface area contributed by atoms with E-state index in [1.54, 1.807) is 6.07 Å². The largest absolute Gasteiger partial charge is 0.508 e. The molecule has 0 aromatic heterocycles. The van der Waals surface area contributed by atoms with Crippen LogP contribution in [0.15, 0.2) is 36.4 Å². The minimum atomic E-state index is 0.358. The van der Waals surface area contributed by atoms with E-state index in [1.165, 1.54) is 5.56 Å². The monoisotopic (exact) mass is 158 g/mol. The van der Waals surface area contributed by atoms with Gasteiger partial charge in [-0.2, -0.15) is 0 Å². The van der Waals surface area contributed by atoms with E-state index in [1.807, 2.05) is 37.3 Å². The van der Waals surface area contributed by atoms with Crippen molar-refractivity contribution >= 4 is 0 Å². The van der Waals surface area contributed by atoms with Crippen LogP contribution in [0.4, 0.5) is 0 Å². The van der Waals surface area contributed by atoms with Gasteiger partial charge in [-0.15, -0.1) is 0 Å². The zero-order valence-electron chi connectivity index (χ0n) is 6.91. The van der Waals surface area contributed by atoms with E-state index in [0.29, 0.717) is 5.75 Å². The standard InChI is InChI=1S/C11H10O/c1-8-10-6-2-4-9(10)5-3-7-11(8)12/h2-7,12H,1H3. The molecule has 0 saturated heterocycles. The molecule has 0 radical (unpaired) electrons. The molecular weight excluding hydrogens is 148 g/mol. The van der Waals surface area contributed by atoms with Gasteiger partial charge in [-0.1, -0.05) is 30.3 Å². The quantitative estimate of drug-likeness (QED) is 0.625. The Morgan fingerprint density at radius 1 is 1.00 bits per heavy atom. The third kappa shape index (κ3) is 0.944. The van der Waals surface area contributed by atoms with E-state index in [4.69, 9.17) is 0 Å². The molecule has 60 valence electrons. The van der Waals surface area contributed by atoms with Crippen LogP contribution in [0.5, 0.6) is 5.75 Å². The van der Waals surface area contributed by atoms with Crippen LogP contribution in [0.1, 0.15) is 5.56 Å². The summed E-state index contributed by atoms with van der Waals surface area (Å²) in [6, 6.07) is 11.6. The number of fused-ring (bicyclic) bond motifs is 1.